The van der Waals surface area contributed by atoms with Gasteiger partial charge in [0.05, 0.1) is 11.1 Å². The third kappa shape index (κ3) is 2.78. The second-order valence-corrected chi connectivity index (χ2v) is 3.75. The molecule has 0 saturated carbocycles. The molecule has 98 valence electrons. The van der Waals surface area contributed by atoms with Crippen molar-refractivity contribution in [2.45, 2.75) is 6.18 Å². The molecule has 2 rings (SSSR count). The van der Waals surface area contributed by atoms with Crippen molar-refractivity contribution in [1.29, 1.82) is 0 Å². The summed E-state index contributed by atoms with van der Waals surface area (Å²) in [6.07, 6.45) is -3.29. The van der Waals surface area contributed by atoms with Crippen molar-refractivity contribution in [3.05, 3.63) is 65.2 Å². The van der Waals surface area contributed by atoms with E-state index in [2.05, 4.69) is 4.98 Å². The molecule has 19 heavy (non-hydrogen) atoms. The normalized spacial score (nSPS) is 11.4. The van der Waals surface area contributed by atoms with Gasteiger partial charge < -0.3 is 0 Å². The number of carbonyl (C=O) groups is 1. The van der Waals surface area contributed by atoms with Crippen molar-refractivity contribution in [3.8, 4) is 0 Å². The lowest BCUT2D eigenvalue weighted by Gasteiger charge is -2.07. The highest BCUT2D eigenvalue weighted by atomic mass is 19.4. The highest BCUT2D eigenvalue weighted by molar-refractivity contribution is 6.08. The molecule has 1 aromatic carbocycles. The van der Waals surface area contributed by atoms with Crippen molar-refractivity contribution in [2.24, 2.45) is 0 Å². The van der Waals surface area contributed by atoms with Gasteiger partial charge in [0.15, 0.2) is 5.78 Å². The van der Waals surface area contributed by atoms with Gasteiger partial charge in [-0.15, -0.1) is 0 Å². The maximum Gasteiger partial charge on any atom is 0.416 e. The summed E-state index contributed by atoms with van der Waals surface area (Å²) in [7, 11) is 0. The van der Waals surface area contributed by atoms with Gasteiger partial charge in [-0.3, -0.25) is 4.79 Å². The van der Waals surface area contributed by atoms with Gasteiger partial charge in [0.1, 0.15) is 0 Å². The van der Waals surface area contributed by atoms with E-state index in [1.54, 1.807) is 0 Å². The van der Waals surface area contributed by atoms with Crippen LogP contribution in [0.3, 0.4) is 0 Å². The Hall–Kier alpha value is -2.24. The standard InChI is InChI=1S/C13H7F4NO/c14-12-10(2-1-7-18-12)11(19)8-3-5-9(6-4-8)13(15,16)17/h1-7H. The van der Waals surface area contributed by atoms with Gasteiger partial charge in [-0.1, -0.05) is 12.1 Å². The van der Waals surface area contributed by atoms with Crippen LogP contribution in [0.5, 0.6) is 0 Å². The molecule has 0 aliphatic heterocycles. The molecule has 0 saturated heterocycles. The Balaban J connectivity index is 2.34. The number of ketones is 1. The monoisotopic (exact) mass is 269 g/mol. The minimum atomic E-state index is -4.47. The van der Waals surface area contributed by atoms with E-state index in [9.17, 15) is 22.4 Å². The zero-order chi connectivity index (χ0) is 14.0. The predicted octanol–water partition coefficient (Wildman–Crippen LogP) is 3.47. The van der Waals surface area contributed by atoms with Gasteiger partial charge in [-0.05, 0) is 24.3 Å². The summed E-state index contributed by atoms with van der Waals surface area (Å²) in [5, 5.41) is 0. The Labute approximate surface area is 105 Å². The first-order valence-corrected chi connectivity index (χ1v) is 5.22. The SMILES string of the molecule is O=C(c1ccc(C(F)(F)F)cc1)c1cccnc1F. The second kappa shape index (κ2) is 4.79. The average molecular weight is 269 g/mol. The molecular formula is C13H7F4NO. The van der Waals surface area contributed by atoms with Crippen LogP contribution < -0.4 is 0 Å². The first-order chi connectivity index (χ1) is 8.89. The number of hydrogen-bond acceptors (Lipinski definition) is 2. The van der Waals surface area contributed by atoms with E-state index >= 15 is 0 Å². The van der Waals surface area contributed by atoms with Gasteiger partial charge in [0, 0.05) is 11.8 Å². The molecule has 2 aromatic rings. The molecule has 0 fully saturated rings. The highest BCUT2D eigenvalue weighted by Gasteiger charge is 2.30. The number of alkyl halides is 3. The van der Waals surface area contributed by atoms with E-state index in [0.29, 0.717) is 0 Å². The smallest absolute Gasteiger partial charge is 0.288 e. The third-order valence-electron chi connectivity index (χ3n) is 2.48. The van der Waals surface area contributed by atoms with Gasteiger partial charge >= 0.3 is 6.18 Å². The number of benzene rings is 1. The Morgan fingerprint density at radius 3 is 2.21 bits per heavy atom. The van der Waals surface area contributed by atoms with Gasteiger partial charge in [0.25, 0.3) is 0 Å². The molecule has 0 aliphatic rings. The molecule has 0 atom stereocenters. The molecule has 1 heterocycles. The van der Waals surface area contributed by atoms with E-state index in [0.717, 1.165) is 24.3 Å². The maximum atomic E-state index is 13.3. The first kappa shape index (κ1) is 13.2. The summed E-state index contributed by atoms with van der Waals surface area (Å²) < 4.78 is 50.3. The average Bonchev–Trinajstić information content (AvgIpc) is 2.38. The van der Waals surface area contributed by atoms with E-state index in [4.69, 9.17) is 0 Å². The Morgan fingerprint density at radius 1 is 1.05 bits per heavy atom. The maximum absolute atomic E-state index is 13.3. The summed E-state index contributed by atoms with van der Waals surface area (Å²) in [4.78, 5) is 15.2. The van der Waals surface area contributed by atoms with Crippen LogP contribution in [-0.4, -0.2) is 10.8 Å². The molecule has 0 aliphatic carbocycles. The van der Waals surface area contributed by atoms with Crippen molar-refractivity contribution in [1.82, 2.24) is 4.98 Å². The number of rotatable bonds is 2. The molecule has 0 radical (unpaired) electrons. The quantitative estimate of drug-likeness (QED) is 0.474. The third-order valence-corrected chi connectivity index (χ3v) is 2.48. The molecule has 6 heteroatoms. The van der Waals surface area contributed by atoms with E-state index in [-0.39, 0.29) is 11.1 Å². The highest BCUT2D eigenvalue weighted by Crippen LogP contribution is 2.29. The van der Waals surface area contributed by atoms with Crippen molar-refractivity contribution in [2.75, 3.05) is 0 Å². The van der Waals surface area contributed by atoms with Crippen LogP contribution in [0.1, 0.15) is 21.5 Å². The number of aromatic nitrogens is 1. The van der Waals surface area contributed by atoms with Crippen LogP contribution in [0.4, 0.5) is 17.6 Å². The fourth-order valence-corrected chi connectivity index (χ4v) is 1.52. The van der Waals surface area contributed by atoms with E-state index < -0.39 is 23.5 Å². The molecule has 0 amide bonds. The summed E-state index contributed by atoms with van der Waals surface area (Å²) in [6, 6.07) is 6.18. The number of nitrogens with zero attached hydrogens (tertiary/aromatic N) is 1. The number of halogens is 4. The van der Waals surface area contributed by atoms with Crippen LogP contribution in [0, 0.1) is 5.95 Å². The zero-order valence-electron chi connectivity index (χ0n) is 9.41. The lowest BCUT2D eigenvalue weighted by molar-refractivity contribution is -0.137. The van der Waals surface area contributed by atoms with Crippen LogP contribution in [0.25, 0.3) is 0 Å². The van der Waals surface area contributed by atoms with Crippen molar-refractivity contribution in [3.63, 3.8) is 0 Å². The Bertz CT molecular complexity index is 605. The minimum absolute atomic E-state index is 0.0279. The minimum Gasteiger partial charge on any atom is -0.288 e. The molecule has 0 bridgehead atoms. The molecule has 0 N–H and O–H groups in total. The number of hydrogen-bond donors (Lipinski definition) is 0. The largest absolute Gasteiger partial charge is 0.416 e. The summed E-state index contributed by atoms with van der Waals surface area (Å²) in [6.45, 7) is 0. The Morgan fingerprint density at radius 2 is 1.68 bits per heavy atom. The molecule has 1 aromatic heterocycles. The fraction of sp³-hybridized carbons (Fsp3) is 0.0769. The predicted molar refractivity (Wildman–Crippen MR) is 59.1 cm³/mol. The second-order valence-electron chi connectivity index (χ2n) is 3.75. The lowest BCUT2D eigenvalue weighted by Crippen LogP contribution is -2.08. The van der Waals surface area contributed by atoms with Crippen molar-refractivity contribution < 1.29 is 22.4 Å². The molecule has 0 spiro atoms. The first-order valence-electron chi connectivity index (χ1n) is 5.22. The topological polar surface area (TPSA) is 30.0 Å². The summed E-state index contributed by atoms with van der Waals surface area (Å²) >= 11 is 0. The van der Waals surface area contributed by atoms with E-state index in [1.165, 1.54) is 18.3 Å². The van der Waals surface area contributed by atoms with Crippen LogP contribution >= 0.6 is 0 Å². The summed E-state index contributed by atoms with van der Waals surface area (Å²) in [5.74, 6) is -1.66. The number of carbonyl (C=O) groups excluding carboxylic acids is 1. The van der Waals surface area contributed by atoms with Crippen molar-refractivity contribution >= 4 is 5.78 Å². The van der Waals surface area contributed by atoms with Crippen LogP contribution in [-0.2, 0) is 6.18 Å². The summed E-state index contributed by atoms with van der Waals surface area (Å²) in [5.41, 5.74) is -1.17. The van der Waals surface area contributed by atoms with Gasteiger partial charge in [0.2, 0.25) is 5.95 Å². The molecule has 0 unspecified atom stereocenters. The fourth-order valence-electron chi connectivity index (χ4n) is 1.52. The zero-order valence-corrected chi connectivity index (χ0v) is 9.41. The van der Waals surface area contributed by atoms with Crippen LogP contribution in [0.2, 0.25) is 0 Å². The number of pyridine rings is 1. The van der Waals surface area contributed by atoms with Crippen LogP contribution in [0.15, 0.2) is 42.6 Å². The lowest BCUT2D eigenvalue weighted by atomic mass is 10.0. The van der Waals surface area contributed by atoms with Gasteiger partial charge in [-0.25, -0.2) is 4.98 Å². The van der Waals surface area contributed by atoms with Gasteiger partial charge in [-0.2, -0.15) is 17.6 Å². The van der Waals surface area contributed by atoms with E-state index in [1.807, 2.05) is 0 Å². The Kier molecular flexibility index (Phi) is 3.33. The molecule has 2 nitrogen and oxygen atoms in total. The molecular weight excluding hydrogens is 262 g/mol.